The molecule has 0 aliphatic carbocycles. The second-order valence-electron chi connectivity index (χ2n) is 5.03. The lowest BCUT2D eigenvalue weighted by Crippen LogP contribution is -3.00. The molecule has 4 heteroatoms. The maximum absolute atomic E-state index is 3.54. The first-order chi connectivity index (χ1) is 10.3. The van der Waals surface area contributed by atoms with Crippen molar-refractivity contribution in [3.05, 3.63) is 65.5 Å². The molecule has 22 heavy (non-hydrogen) atoms. The Balaban J connectivity index is 0.00000176. The van der Waals surface area contributed by atoms with Crippen molar-refractivity contribution in [3.8, 4) is 11.3 Å². The molecule has 114 valence electrons. The summed E-state index contributed by atoms with van der Waals surface area (Å²) in [5, 5.41) is 6.92. The van der Waals surface area contributed by atoms with Crippen LogP contribution in [0.3, 0.4) is 0 Å². The highest BCUT2D eigenvalue weighted by Crippen LogP contribution is 2.25. The standard InChI is InChI=1S/C18H18N2S.BrH/c1-3-20-17(15-9-5-4-6-10-15)13-21-18(20)19-16-11-7-8-14(2)12-16;/h4-13H,3H2,1-2H3;1H. The molecule has 1 N–H and O–H groups in total. The predicted octanol–water partition coefficient (Wildman–Crippen LogP) is 1.78. The monoisotopic (exact) mass is 374 g/mol. The van der Waals surface area contributed by atoms with Crippen molar-refractivity contribution in [2.75, 3.05) is 5.32 Å². The molecular formula is C18H19BrN2S. The van der Waals surface area contributed by atoms with Gasteiger partial charge in [-0.25, -0.2) is 9.88 Å². The Hall–Kier alpha value is -1.65. The minimum absolute atomic E-state index is 0. The van der Waals surface area contributed by atoms with Crippen LogP contribution in [0.5, 0.6) is 0 Å². The Labute approximate surface area is 146 Å². The van der Waals surface area contributed by atoms with Gasteiger partial charge in [0.1, 0.15) is 11.4 Å². The molecule has 0 saturated heterocycles. The molecule has 0 aliphatic heterocycles. The SMILES string of the molecule is CC[n+]1c(-c2ccccc2)csc1Nc1cccc(C)c1.[Br-]. The minimum atomic E-state index is 0. The van der Waals surface area contributed by atoms with Gasteiger partial charge in [-0.15, -0.1) is 0 Å². The van der Waals surface area contributed by atoms with E-state index >= 15 is 0 Å². The van der Waals surface area contributed by atoms with E-state index in [0.29, 0.717) is 0 Å². The summed E-state index contributed by atoms with van der Waals surface area (Å²) in [6, 6.07) is 19.0. The third-order valence-electron chi connectivity index (χ3n) is 3.47. The highest BCUT2D eigenvalue weighted by Gasteiger charge is 2.17. The molecule has 2 aromatic carbocycles. The molecule has 0 aliphatic rings. The summed E-state index contributed by atoms with van der Waals surface area (Å²) in [6.07, 6.45) is 0. The number of nitrogens with one attached hydrogen (secondary N) is 1. The van der Waals surface area contributed by atoms with Crippen LogP contribution in [0.4, 0.5) is 10.8 Å². The van der Waals surface area contributed by atoms with Crippen molar-refractivity contribution in [2.45, 2.75) is 20.4 Å². The molecule has 0 atom stereocenters. The van der Waals surface area contributed by atoms with Gasteiger partial charge in [0, 0.05) is 10.9 Å². The number of thiazole rings is 1. The Morgan fingerprint density at radius 2 is 1.82 bits per heavy atom. The van der Waals surface area contributed by atoms with E-state index in [1.165, 1.54) is 22.0 Å². The van der Waals surface area contributed by atoms with Gasteiger partial charge in [0.15, 0.2) is 0 Å². The smallest absolute Gasteiger partial charge is 0.339 e. The molecule has 0 spiro atoms. The number of hydrogen-bond donors (Lipinski definition) is 1. The number of halogens is 1. The third kappa shape index (κ3) is 3.57. The molecule has 0 saturated carbocycles. The van der Waals surface area contributed by atoms with Crippen molar-refractivity contribution in [3.63, 3.8) is 0 Å². The molecule has 1 aromatic heterocycles. The Morgan fingerprint density at radius 1 is 1.05 bits per heavy atom. The summed E-state index contributed by atoms with van der Waals surface area (Å²) in [5.41, 5.74) is 4.92. The van der Waals surface area contributed by atoms with Crippen molar-refractivity contribution >= 4 is 22.2 Å². The lowest BCUT2D eigenvalue weighted by atomic mass is 10.2. The normalized spacial score (nSPS) is 10.1. The van der Waals surface area contributed by atoms with Crippen LogP contribution in [0, 0.1) is 6.92 Å². The van der Waals surface area contributed by atoms with Gasteiger partial charge in [-0.1, -0.05) is 53.8 Å². The Morgan fingerprint density at radius 3 is 2.50 bits per heavy atom. The van der Waals surface area contributed by atoms with Crippen LogP contribution >= 0.6 is 11.3 Å². The van der Waals surface area contributed by atoms with Crippen molar-refractivity contribution in [1.82, 2.24) is 0 Å². The average Bonchev–Trinajstić information content (AvgIpc) is 2.91. The fourth-order valence-corrected chi connectivity index (χ4v) is 3.46. The first-order valence-corrected chi connectivity index (χ1v) is 8.06. The second kappa shape index (κ2) is 7.56. The van der Waals surface area contributed by atoms with Gasteiger partial charge in [0.25, 0.3) is 0 Å². The molecule has 3 aromatic rings. The average molecular weight is 375 g/mol. The van der Waals surface area contributed by atoms with E-state index in [0.717, 1.165) is 12.2 Å². The molecule has 0 bridgehead atoms. The number of benzene rings is 2. The van der Waals surface area contributed by atoms with Crippen molar-refractivity contribution in [2.24, 2.45) is 0 Å². The zero-order valence-electron chi connectivity index (χ0n) is 12.7. The Bertz CT molecular complexity index is 738. The zero-order valence-corrected chi connectivity index (χ0v) is 15.1. The number of anilines is 2. The molecule has 3 rings (SSSR count). The van der Waals surface area contributed by atoms with E-state index in [2.05, 4.69) is 83.7 Å². The maximum Gasteiger partial charge on any atom is 0.339 e. The highest BCUT2D eigenvalue weighted by atomic mass is 79.9. The van der Waals surface area contributed by atoms with Gasteiger partial charge in [0.2, 0.25) is 0 Å². The summed E-state index contributed by atoms with van der Waals surface area (Å²) >= 11 is 1.75. The lowest BCUT2D eigenvalue weighted by Gasteiger charge is -2.04. The predicted molar refractivity (Wildman–Crippen MR) is 90.1 cm³/mol. The summed E-state index contributed by atoms with van der Waals surface area (Å²) in [4.78, 5) is 0. The number of rotatable bonds is 4. The van der Waals surface area contributed by atoms with Crippen LogP contribution in [-0.4, -0.2) is 0 Å². The summed E-state index contributed by atoms with van der Waals surface area (Å²) in [6.45, 7) is 5.24. The van der Waals surface area contributed by atoms with Crippen LogP contribution in [0.2, 0.25) is 0 Å². The van der Waals surface area contributed by atoms with E-state index in [1.807, 2.05) is 0 Å². The fraction of sp³-hybridized carbons (Fsp3) is 0.167. The van der Waals surface area contributed by atoms with E-state index in [1.54, 1.807) is 11.3 Å². The minimum Gasteiger partial charge on any atom is -1.00 e. The Kier molecular flexibility index (Phi) is 5.75. The van der Waals surface area contributed by atoms with Gasteiger partial charge in [-0.3, -0.25) is 0 Å². The second-order valence-corrected chi connectivity index (χ2v) is 5.89. The first kappa shape index (κ1) is 16.7. The molecule has 0 fully saturated rings. The van der Waals surface area contributed by atoms with Gasteiger partial charge < -0.3 is 17.0 Å². The largest absolute Gasteiger partial charge is 1.00 e. The van der Waals surface area contributed by atoms with E-state index in [4.69, 9.17) is 0 Å². The van der Waals surface area contributed by atoms with Crippen LogP contribution in [0.25, 0.3) is 11.3 Å². The topological polar surface area (TPSA) is 15.9 Å². The van der Waals surface area contributed by atoms with Gasteiger partial charge in [-0.2, -0.15) is 0 Å². The van der Waals surface area contributed by atoms with E-state index in [-0.39, 0.29) is 17.0 Å². The quantitative estimate of drug-likeness (QED) is 0.688. The molecule has 0 radical (unpaired) electrons. The first-order valence-electron chi connectivity index (χ1n) is 7.18. The summed E-state index contributed by atoms with van der Waals surface area (Å²) < 4.78 is 2.32. The van der Waals surface area contributed by atoms with Gasteiger partial charge in [0.05, 0.1) is 6.54 Å². The van der Waals surface area contributed by atoms with Crippen molar-refractivity contribution in [1.29, 1.82) is 0 Å². The highest BCUT2D eigenvalue weighted by molar-refractivity contribution is 7.13. The molecule has 1 heterocycles. The molecule has 0 unspecified atom stereocenters. The number of nitrogens with zero attached hydrogens (tertiary/aromatic N) is 1. The lowest BCUT2D eigenvalue weighted by molar-refractivity contribution is -0.664. The van der Waals surface area contributed by atoms with Crippen LogP contribution < -0.4 is 26.9 Å². The van der Waals surface area contributed by atoms with E-state index < -0.39 is 0 Å². The fourth-order valence-electron chi connectivity index (χ4n) is 2.44. The van der Waals surface area contributed by atoms with Gasteiger partial charge in [-0.05, 0) is 31.5 Å². The summed E-state index contributed by atoms with van der Waals surface area (Å²) in [5.74, 6) is 0. The van der Waals surface area contributed by atoms with E-state index in [9.17, 15) is 0 Å². The summed E-state index contributed by atoms with van der Waals surface area (Å²) in [7, 11) is 0. The van der Waals surface area contributed by atoms with Crippen molar-refractivity contribution < 1.29 is 21.5 Å². The van der Waals surface area contributed by atoms with Crippen LogP contribution in [-0.2, 0) is 6.54 Å². The molecule has 0 amide bonds. The maximum atomic E-state index is 3.54. The van der Waals surface area contributed by atoms with Crippen LogP contribution in [0.15, 0.2) is 60.0 Å². The van der Waals surface area contributed by atoms with Gasteiger partial charge >= 0.3 is 5.13 Å². The number of aryl methyl sites for hydroxylation is 1. The zero-order chi connectivity index (χ0) is 14.7. The number of aromatic nitrogens is 1. The number of hydrogen-bond acceptors (Lipinski definition) is 2. The van der Waals surface area contributed by atoms with Crippen LogP contribution in [0.1, 0.15) is 12.5 Å². The molecular weight excluding hydrogens is 356 g/mol. The molecule has 2 nitrogen and oxygen atoms in total. The third-order valence-corrected chi connectivity index (χ3v) is 4.36.